The molecule has 1 rings (SSSR count). The van der Waals surface area contributed by atoms with Gasteiger partial charge in [-0.05, 0) is 19.3 Å². The topological polar surface area (TPSA) is 9.23 Å². The van der Waals surface area contributed by atoms with E-state index >= 15 is 0 Å². The molecule has 1 aliphatic rings. The van der Waals surface area contributed by atoms with Gasteiger partial charge in [0.25, 0.3) is 0 Å². The molecule has 0 aromatic heterocycles. The normalized spacial score (nSPS) is 31.9. The van der Waals surface area contributed by atoms with Crippen molar-refractivity contribution in [1.82, 2.24) is 0 Å². The molecule has 48 valence electrons. The Balaban J connectivity index is 2.17. The number of alkyl halides is 1. The molecule has 1 atom stereocenters. The summed E-state index contributed by atoms with van der Waals surface area (Å²) in [7, 11) is 0. The average molecular weight is 135 g/mol. The molecule has 0 saturated carbocycles. The van der Waals surface area contributed by atoms with Crippen LogP contribution < -0.4 is 0 Å². The second-order valence-electron chi connectivity index (χ2n) is 2.13. The van der Waals surface area contributed by atoms with Crippen molar-refractivity contribution in [3.05, 3.63) is 0 Å². The number of halogens is 1. The zero-order valence-electron chi connectivity index (χ0n) is 4.90. The van der Waals surface area contributed by atoms with E-state index in [1.807, 2.05) is 0 Å². The zero-order chi connectivity index (χ0) is 5.82. The Hall–Kier alpha value is 0.250. The predicted molar refractivity (Wildman–Crippen MR) is 34.1 cm³/mol. The van der Waals surface area contributed by atoms with Crippen LogP contribution in [0.4, 0.5) is 0 Å². The lowest BCUT2D eigenvalue weighted by Gasteiger charge is -2.02. The lowest BCUT2D eigenvalue weighted by atomic mass is 10.2. The molecule has 0 radical (unpaired) electrons. The van der Waals surface area contributed by atoms with Crippen LogP contribution in [0.5, 0.6) is 0 Å². The largest absolute Gasteiger partial charge is 0.362 e. The van der Waals surface area contributed by atoms with Crippen LogP contribution in [0.3, 0.4) is 0 Å². The average Bonchev–Trinajstić information content (AvgIpc) is 1.94. The van der Waals surface area contributed by atoms with Crippen LogP contribution >= 0.6 is 11.6 Å². The molecule has 1 unspecified atom stereocenters. The van der Waals surface area contributed by atoms with Crippen molar-refractivity contribution >= 4 is 11.6 Å². The highest BCUT2D eigenvalue weighted by molar-refractivity contribution is 6.19. The summed E-state index contributed by atoms with van der Waals surface area (Å²) < 4.78 is 5.17. The lowest BCUT2D eigenvalue weighted by Crippen LogP contribution is -2.01. The fourth-order valence-corrected chi connectivity index (χ4v) is 1.12. The number of ether oxygens (including phenoxy) is 1. The van der Waals surface area contributed by atoms with E-state index in [-0.39, 0.29) is 5.56 Å². The summed E-state index contributed by atoms with van der Waals surface area (Å²) in [5, 5.41) is 0. The molecule has 1 saturated heterocycles. The molecule has 0 spiro atoms. The first-order valence-electron chi connectivity index (χ1n) is 3.15. The minimum atomic E-state index is -0.00231. The standard InChI is InChI=1S/C6H11ClO/c7-6-4-2-1-3-5-8-6/h6H,1-5H2. The fraction of sp³-hybridized carbons (Fsp3) is 1.00. The summed E-state index contributed by atoms with van der Waals surface area (Å²) in [5.41, 5.74) is -0.00231. The van der Waals surface area contributed by atoms with Crippen LogP contribution in [0.25, 0.3) is 0 Å². The quantitative estimate of drug-likeness (QED) is 0.462. The van der Waals surface area contributed by atoms with E-state index in [9.17, 15) is 0 Å². The summed E-state index contributed by atoms with van der Waals surface area (Å²) in [6, 6.07) is 0. The van der Waals surface area contributed by atoms with Gasteiger partial charge in [0, 0.05) is 6.61 Å². The molecule has 0 aliphatic carbocycles. The maximum Gasteiger partial charge on any atom is 0.131 e. The van der Waals surface area contributed by atoms with E-state index in [2.05, 4.69) is 0 Å². The molecule has 0 aromatic carbocycles. The van der Waals surface area contributed by atoms with Gasteiger partial charge in [0.2, 0.25) is 0 Å². The van der Waals surface area contributed by atoms with Crippen LogP contribution in [0.2, 0.25) is 0 Å². The first-order valence-corrected chi connectivity index (χ1v) is 3.59. The second kappa shape index (κ2) is 3.31. The van der Waals surface area contributed by atoms with Gasteiger partial charge in [-0.15, -0.1) is 0 Å². The van der Waals surface area contributed by atoms with Gasteiger partial charge in [-0.2, -0.15) is 0 Å². The molecule has 0 bridgehead atoms. The van der Waals surface area contributed by atoms with Gasteiger partial charge in [-0.1, -0.05) is 18.0 Å². The molecular formula is C6H11ClO. The van der Waals surface area contributed by atoms with E-state index in [0.29, 0.717) is 0 Å². The SMILES string of the molecule is ClC1CCCCCO1. The van der Waals surface area contributed by atoms with Gasteiger partial charge in [-0.25, -0.2) is 0 Å². The van der Waals surface area contributed by atoms with Crippen molar-refractivity contribution in [2.75, 3.05) is 6.61 Å². The van der Waals surface area contributed by atoms with Crippen molar-refractivity contribution in [1.29, 1.82) is 0 Å². The highest BCUT2D eigenvalue weighted by atomic mass is 35.5. The minimum absolute atomic E-state index is 0.00231. The third-order valence-corrected chi connectivity index (χ3v) is 1.72. The van der Waals surface area contributed by atoms with E-state index in [1.54, 1.807) is 0 Å². The molecular weight excluding hydrogens is 124 g/mol. The molecule has 0 amide bonds. The molecule has 1 aliphatic heterocycles. The highest BCUT2D eigenvalue weighted by Gasteiger charge is 2.06. The second-order valence-corrected chi connectivity index (χ2v) is 2.62. The van der Waals surface area contributed by atoms with Crippen LogP contribution in [0.1, 0.15) is 25.7 Å². The van der Waals surface area contributed by atoms with Gasteiger partial charge in [0.15, 0.2) is 0 Å². The van der Waals surface area contributed by atoms with Crippen LogP contribution in [0.15, 0.2) is 0 Å². The lowest BCUT2D eigenvalue weighted by molar-refractivity contribution is 0.114. The Kier molecular flexibility index (Phi) is 2.64. The smallest absolute Gasteiger partial charge is 0.131 e. The van der Waals surface area contributed by atoms with E-state index < -0.39 is 0 Å². The van der Waals surface area contributed by atoms with Crippen molar-refractivity contribution in [2.24, 2.45) is 0 Å². The molecule has 8 heavy (non-hydrogen) atoms. The monoisotopic (exact) mass is 134 g/mol. The molecule has 1 fully saturated rings. The van der Waals surface area contributed by atoms with Gasteiger partial charge in [0.1, 0.15) is 5.56 Å². The van der Waals surface area contributed by atoms with Gasteiger partial charge in [0.05, 0.1) is 0 Å². The maximum atomic E-state index is 5.70. The summed E-state index contributed by atoms with van der Waals surface area (Å²) in [4.78, 5) is 0. The first kappa shape index (κ1) is 6.37. The van der Waals surface area contributed by atoms with Crippen molar-refractivity contribution in [3.8, 4) is 0 Å². The zero-order valence-corrected chi connectivity index (χ0v) is 5.66. The number of hydrogen-bond donors (Lipinski definition) is 0. The van der Waals surface area contributed by atoms with Gasteiger partial charge < -0.3 is 4.74 Å². The van der Waals surface area contributed by atoms with E-state index in [1.165, 1.54) is 19.3 Å². The van der Waals surface area contributed by atoms with Crippen LogP contribution in [-0.2, 0) is 4.74 Å². The Labute approximate surface area is 55.0 Å². The molecule has 1 heterocycles. The van der Waals surface area contributed by atoms with Gasteiger partial charge >= 0.3 is 0 Å². The third-order valence-electron chi connectivity index (χ3n) is 1.37. The molecule has 0 N–H and O–H groups in total. The van der Waals surface area contributed by atoms with Crippen molar-refractivity contribution < 1.29 is 4.74 Å². The minimum Gasteiger partial charge on any atom is -0.362 e. The fourth-order valence-electron chi connectivity index (χ4n) is 0.878. The van der Waals surface area contributed by atoms with Crippen molar-refractivity contribution in [2.45, 2.75) is 31.2 Å². The Morgan fingerprint density at radius 3 is 3.00 bits per heavy atom. The maximum absolute atomic E-state index is 5.70. The third kappa shape index (κ3) is 2.01. The summed E-state index contributed by atoms with van der Waals surface area (Å²) in [6.07, 6.45) is 4.72. The number of rotatable bonds is 0. The van der Waals surface area contributed by atoms with E-state index in [4.69, 9.17) is 16.3 Å². The first-order chi connectivity index (χ1) is 3.89. The van der Waals surface area contributed by atoms with Gasteiger partial charge in [-0.3, -0.25) is 0 Å². The predicted octanol–water partition coefficient (Wildman–Crippen LogP) is 2.14. The molecule has 2 heteroatoms. The Bertz CT molecular complexity index is 57.5. The highest BCUT2D eigenvalue weighted by Crippen LogP contribution is 2.14. The Morgan fingerprint density at radius 1 is 1.25 bits per heavy atom. The molecule has 0 aromatic rings. The van der Waals surface area contributed by atoms with E-state index in [0.717, 1.165) is 13.0 Å². The van der Waals surface area contributed by atoms with Crippen molar-refractivity contribution in [3.63, 3.8) is 0 Å². The summed E-state index contributed by atoms with van der Waals surface area (Å²) in [6.45, 7) is 0.855. The number of hydrogen-bond acceptors (Lipinski definition) is 1. The molecule has 1 nitrogen and oxygen atoms in total. The van der Waals surface area contributed by atoms with Crippen LogP contribution in [0, 0.1) is 0 Å². The Morgan fingerprint density at radius 2 is 2.12 bits per heavy atom. The summed E-state index contributed by atoms with van der Waals surface area (Å²) in [5.74, 6) is 0. The summed E-state index contributed by atoms with van der Waals surface area (Å²) >= 11 is 5.70. The van der Waals surface area contributed by atoms with Crippen LogP contribution in [-0.4, -0.2) is 12.2 Å².